The predicted octanol–water partition coefficient (Wildman–Crippen LogP) is 2.44. The van der Waals surface area contributed by atoms with Gasteiger partial charge in [0.25, 0.3) is 5.91 Å². The summed E-state index contributed by atoms with van der Waals surface area (Å²) in [5.41, 5.74) is 2.54. The molecule has 0 radical (unpaired) electrons. The Morgan fingerprint density at radius 1 is 1.14 bits per heavy atom. The number of amides is 1. The summed E-state index contributed by atoms with van der Waals surface area (Å²) in [6, 6.07) is 15.0. The number of nitrogens with zero attached hydrogens (tertiary/aromatic N) is 3. The van der Waals surface area contributed by atoms with Crippen molar-refractivity contribution in [1.29, 1.82) is 0 Å². The second kappa shape index (κ2) is 8.81. The van der Waals surface area contributed by atoms with Crippen molar-refractivity contribution in [3.8, 4) is 5.75 Å². The monoisotopic (exact) mass is 380 g/mol. The van der Waals surface area contributed by atoms with Crippen molar-refractivity contribution in [2.75, 3.05) is 19.0 Å². The molecule has 1 amide bonds. The zero-order valence-electron chi connectivity index (χ0n) is 15.6. The highest BCUT2D eigenvalue weighted by Gasteiger charge is 2.15. The van der Waals surface area contributed by atoms with Crippen molar-refractivity contribution in [2.45, 2.75) is 13.5 Å². The third-order valence-electron chi connectivity index (χ3n) is 3.90. The SMILES string of the molecule is COc1ccc(C)cc1NC(=O)COC(=O)c1cn(Cc2ccccc2)nn1. The molecule has 0 unspecified atom stereocenters. The first-order valence-electron chi connectivity index (χ1n) is 8.61. The first-order valence-corrected chi connectivity index (χ1v) is 8.61. The summed E-state index contributed by atoms with van der Waals surface area (Å²) in [5.74, 6) is -0.672. The number of rotatable bonds is 7. The van der Waals surface area contributed by atoms with Crippen LogP contribution in [0.2, 0.25) is 0 Å². The number of aromatic nitrogens is 3. The van der Waals surface area contributed by atoms with E-state index in [-0.39, 0.29) is 5.69 Å². The van der Waals surface area contributed by atoms with Crippen LogP contribution in [0.25, 0.3) is 0 Å². The molecule has 0 saturated carbocycles. The van der Waals surface area contributed by atoms with Crippen LogP contribution in [0.3, 0.4) is 0 Å². The zero-order valence-corrected chi connectivity index (χ0v) is 15.6. The van der Waals surface area contributed by atoms with Crippen LogP contribution in [-0.2, 0) is 16.1 Å². The molecule has 3 aromatic rings. The summed E-state index contributed by atoms with van der Waals surface area (Å²) in [6.07, 6.45) is 1.48. The van der Waals surface area contributed by atoms with E-state index in [0.717, 1.165) is 11.1 Å². The van der Waals surface area contributed by atoms with Crippen LogP contribution < -0.4 is 10.1 Å². The molecule has 0 aliphatic heterocycles. The number of anilines is 1. The molecule has 1 heterocycles. The van der Waals surface area contributed by atoms with Crippen molar-refractivity contribution in [3.05, 3.63) is 71.5 Å². The fourth-order valence-corrected chi connectivity index (χ4v) is 2.55. The molecule has 2 aromatic carbocycles. The fourth-order valence-electron chi connectivity index (χ4n) is 2.55. The summed E-state index contributed by atoms with van der Waals surface area (Å²) in [6.45, 7) is 1.93. The van der Waals surface area contributed by atoms with Crippen molar-refractivity contribution in [3.63, 3.8) is 0 Å². The number of hydrogen-bond acceptors (Lipinski definition) is 6. The van der Waals surface area contributed by atoms with E-state index in [1.807, 2.05) is 43.3 Å². The van der Waals surface area contributed by atoms with E-state index in [1.165, 1.54) is 18.0 Å². The first kappa shape index (κ1) is 19.1. The molecule has 0 atom stereocenters. The van der Waals surface area contributed by atoms with Gasteiger partial charge in [0.05, 0.1) is 25.5 Å². The maximum absolute atomic E-state index is 12.1. The standard InChI is InChI=1S/C20H20N4O4/c1-14-8-9-18(27-2)16(10-14)21-19(25)13-28-20(26)17-12-24(23-22-17)11-15-6-4-3-5-7-15/h3-10,12H,11,13H2,1-2H3,(H,21,25). The summed E-state index contributed by atoms with van der Waals surface area (Å²) in [5, 5.41) is 10.4. The lowest BCUT2D eigenvalue weighted by molar-refractivity contribution is -0.119. The van der Waals surface area contributed by atoms with Gasteiger partial charge in [-0.05, 0) is 30.2 Å². The minimum absolute atomic E-state index is 0.0388. The summed E-state index contributed by atoms with van der Waals surface area (Å²) in [7, 11) is 1.51. The Hall–Kier alpha value is -3.68. The Kier molecular flexibility index (Phi) is 6.01. The molecule has 1 N–H and O–H groups in total. The van der Waals surface area contributed by atoms with Gasteiger partial charge < -0.3 is 14.8 Å². The van der Waals surface area contributed by atoms with Crippen LogP contribution in [0, 0.1) is 6.92 Å². The van der Waals surface area contributed by atoms with Gasteiger partial charge in [-0.1, -0.05) is 41.6 Å². The number of hydrogen-bond donors (Lipinski definition) is 1. The number of methoxy groups -OCH3 is 1. The van der Waals surface area contributed by atoms with Crippen molar-refractivity contribution in [2.24, 2.45) is 0 Å². The molecule has 8 nitrogen and oxygen atoms in total. The largest absolute Gasteiger partial charge is 0.495 e. The van der Waals surface area contributed by atoms with Gasteiger partial charge in [0, 0.05) is 0 Å². The Labute approximate surface area is 162 Å². The quantitative estimate of drug-likeness (QED) is 0.633. The third-order valence-corrected chi connectivity index (χ3v) is 3.90. The zero-order chi connectivity index (χ0) is 19.9. The van der Waals surface area contributed by atoms with E-state index in [1.54, 1.807) is 12.1 Å². The van der Waals surface area contributed by atoms with Gasteiger partial charge in [-0.15, -0.1) is 5.10 Å². The van der Waals surface area contributed by atoms with Gasteiger partial charge in [-0.25, -0.2) is 9.48 Å². The molecule has 0 bridgehead atoms. The molecule has 3 rings (SSSR count). The van der Waals surface area contributed by atoms with Gasteiger partial charge >= 0.3 is 5.97 Å². The van der Waals surface area contributed by atoms with E-state index in [4.69, 9.17) is 9.47 Å². The van der Waals surface area contributed by atoms with Crippen LogP contribution in [0.5, 0.6) is 5.75 Å². The molecular formula is C20H20N4O4. The number of nitrogens with one attached hydrogen (secondary N) is 1. The van der Waals surface area contributed by atoms with Gasteiger partial charge in [-0.2, -0.15) is 0 Å². The molecule has 28 heavy (non-hydrogen) atoms. The van der Waals surface area contributed by atoms with Gasteiger partial charge in [0.15, 0.2) is 12.3 Å². The molecule has 0 spiro atoms. The number of carbonyl (C=O) groups excluding carboxylic acids is 2. The van der Waals surface area contributed by atoms with Crippen LogP contribution >= 0.6 is 0 Å². The Morgan fingerprint density at radius 2 is 1.93 bits per heavy atom. The second-order valence-corrected chi connectivity index (χ2v) is 6.12. The highest BCUT2D eigenvalue weighted by atomic mass is 16.5. The number of ether oxygens (including phenoxy) is 2. The number of esters is 1. The summed E-state index contributed by atoms with van der Waals surface area (Å²) < 4.78 is 11.8. The Bertz CT molecular complexity index is 969. The van der Waals surface area contributed by atoms with Gasteiger partial charge in [-0.3, -0.25) is 4.79 Å². The van der Waals surface area contributed by atoms with Crippen LogP contribution in [0.1, 0.15) is 21.6 Å². The van der Waals surface area contributed by atoms with E-state index in [0.29, 0.717) is 18.0 Å². The molecule has 8 heteroatoms. The summed E-state index contributed by atoms with van der Waals surface area (Å²) in [4.78, 5) is 24.2. The van der Waals surface area contributed by atoms with Gasteiger partial charge in [0.2, 0.25) is 0 Å². The van der Waals surface area contributed by atoms with E-state index < -0.39 is 18.5 Å². The smallest absolute Gasteiger partial charge is 0.361 e. The van der Waals surface area contributed by atoms with Crippen molar-refractivity contribution in [1.82, 2.24) is 15.0 Å². The Balaban J connectivity index is 1.54. The molecule has 0 saturated heterocycles. The molecule has 0 fully saturated rings. The average Bonchev–Trinajstić information content (AvgIpc) is 3.16. The maximum atomic E-state index is 12.1. The third kappa shape index (κ3) is 4.94. The topological polar surface area (TPSA) is 95.3 Å². The van der Waals surface area contributed by atoms with E-state index >= 15 is 0 Å². The van der Waals surface area contributed by atoms with Gasteiger partial charge in [0.1, 0.15) is 5.75 Å². The highest BCUT2D eigenvalue weighted by Crippen LogP contribution is 2.25. The van der Waals surface area contributed by atoms with E-state index in [2.05, 4.69) is 15.6 Å². The Morgan fingerprint density at radius 3 is 2.68 bits per heavy atom. The lowest BCUT2D eigenvalue weighted by Gasteiger charge is -2.11. The summed E-state index contributed by atoms with van der Waals surface area (Å²) >= 11 is 0. The lowest BCUT2D eigenvalue weighted by atomic mass is 10.2. The lowest BCUT2D eigenvalue weighted by Crippen LogP contribution is -2.21. The minimum Gasteiger partial charge on any atom is -0.495 e. The molecular weight excluding hydrogens is 360 g/mol. The van der Waals surface area contributed by atoms with Crippen molar-refractivity contribution >= 4 is 17.6 Å². The van der Waals surface area contributed by atoms with Crippen LogP contribution in [-0.4, -0.2) is 40.6 Å². The molecule has 0 aliphatic carbocycles. The van der Waals surface area contributed by atoms with Crippen LogP contribution in [0.15, 0.2) is 54.7 Å². The van der Waals surface area contributed by atoms with E-state index in [9.17, 15) is 9.59 Å². The molecule has 144 valence electrons. The number of aryl methyl sites for hydroxylation is 1. The second-order valence-electron chi connectivity index (χ2n) is 6.12. The fraction of sp³-hybridized carbons (Fsp3) is 0.200. The maximum Gasteiger partial charge on any atom is 0.361 e. The number of carbonyl (C=O) groups is 2. The normalized spacial score (nSPS) is 10.4. The predicted molar refractivity (Wildman–Crippen MR) is 102 cm³/mol. The number of benzene rings is 2. The minimum atomic E-state index is -0.717. The van der Waals surface area contributed by atoms with Crippen LogP contribution in [0.4, 0.5) is 5.69 Å². The molecule has 1 aromatic heterocycles. The highest BCUT2D eigenvalue weighted by molar-refractivity contribution is 5.95. The first-order chi connectivity index (χ1) is 13.5. The average molecular weight is 380 g/mol. The van der Waals surface area contributed by atoms with Crippen molar-refractivity contribution < 1.29 is 19.1 Å². The molecule has 0 aliphatic rings.